The molecule has 0 atom stereocenters. The van der Waals surface area contributed by atoms with E-state index in [-0.39, 0.29) is 61.2 Å². The average molecular weight is 444 g/mol. The van der Waals surface area contributed by atoms with Crippen molar-refractivity contribution < 1.29 is 11.0 Å². The fraction of sp³-hybridized carbons (Fsp3) is 0.778. The van der Waals surface area contributed by atoms with E-state index in [1.165, 1.54) is 4.90 Å². The van der Waals surface area contributed by atoms with Crippen molar-refractivity contribution >= 4 is 59.8 Å². The molecule has 0 aliphatic carbocycles. The molecule has 0 aromatic carbocycles. The molecule has 2 amide bonds. The van der Waals surface area contributed by atoms with Crippen LogP contribution in [0.25, 0.3) is 0 Å². The van der Waals surface area contributed by atoms with E-state index in [1.807, 2.05) is 6.92 Å². The van der Waals surface area contributed by atoms with Crippen molar-refractivity contribution in [3.63, 3.8) is 0 Å². The third-order valence-electron chi connectivity index (χ3n) is 1.64. The van der Waals surface area contributed by atoms with Crippen LogP contribution in [0.3, 0.4) is 0 Å². The van der Waals surface area contributed by atoms with E-state index < -0.39 is 0 Å². The number of carbonyl (C=O) groups excluding carboxylic acids is 2. The highest BCUT2D eigenvalue weighted by Crippen LogP contribution is 1.88. The second kappa shape index (κ2) is 12.5. The molecule has 0 aromatic rings. The Kier molecular flexibility index (Phi) is 17.3. The van der Waals surface area contributed by atoms with Gasteiger partial charge in [-0.15, -0.1) is 48.0 Å². The quantitative estimate of drug-likeness (QED) is 0.659. The smallest absolute Gasteiger partial charge is 0.223 e. The first-order chi connectivity index (χ1) is 6.07. The van der Waals surface area contributed by atoms with Gasteiger partial charge in [0.2, 0.25) is 11.8 Å². The summed E-state index contributed by atoms with van der Waals surface area (Å²) >= 11 is 0. The fourth-order valence-electron chi connectivity index (χ4n) is 0.848. The number of nitrogens with one attached hydrogen (secondary N) is 1. The van der Waals surface area contributed by atoms with Crippen molar-refractivity contribution in [3.05, 3.63) is 0 Å². The number of hydrogen-bond acceptors (Lipinski definition) is 2. The van der Waals surface area contributed by atoms with Gasteiger partial charge in [0.25, 0.3) is 0 Å². The summed E-state index contributed by atoms with van der Waals surface area (Å²) in [5, 5.41) is 2.68. The van der Waals surface area contributed by atoms with Crippen LogP contribution in [-0.4, -0.2) is 37.4 Å². The van der Waals surface area contributed by atoms with Crippen LogP contribution in [0.5, 0.6) is 0 Å². The molecule has 15 heavy (non-hydrogen) atoms. The minimum Gasteiger partial charge on any atom is -0.356 e. The first kappa shape index (κ1) is 20.8. The van der Waals surface area contributed by atoms with Crippen molar-refractivity contribution in [2.75, 3.05) is 20.6 Å². The number of hydrogen-bond donors (Lipinski definition) is 1. The minimum absolute atomic E-state index is 0. The topological polar surface area (TPSA) is 49.4 Å². The summed E-state index contributed by atoms with van der Waals surface area (Å²) in [6.45, 7) is 2.39. The van der Waals surface area contributed by atoms with Crippen molar-refractivity contribution in [2.45, 2.75) is 26.2 Å². The van der Waals surface area contributed by atoms with Gasteiger partial charge in [0.05, 0.1) is 0 Å². The van der Waals surface area contributed by atoms with Gasteiger partial charge in [-0.1, -0.05) is 6.92 Å². The lowest BCUT2D eigenvalue weighted by Crippen LogP contribution is -2.29. The fourth-order valence-corrected chi connectivity index (χ4v) is 0.848. The van der Waals surface area contributed by atoms with Crippen LogP contribution in [-0.2, 0) is 9.59 Å². The van der Waals surface area contributed by atoms with Crippen molar-refractivity contribution in [1.82, 2.24) is 10.2 Å². The molecule has 0 aliphatic heterocycles. The lowest BCUT2D eigenvalue weighted by Gasteiger charge is -2.10. The Morgan fingerprint density at radius 3 is 2.13 bits per heavy atom. The van der Waals surface area contributed by atoms with E-state index in [2.05, 4.69) is 5.32 Å². The third kappa shape index (κ3) is 12.3. The molecule has 0 heterocycles. The van der Waals surface area contributed by atoms with Crippen LogP contribution in [0.1, 0.15) is 27.6 Å². The molecule has 0 spiro atoms. The lowest BCUT2D eigenvalue weighted by molar-refractivity contribution is -0.128. The number of carbonyl (C=O) groups is 2. The maximum Gasteiger partial charge on any atom is 0.223 e. The molecule has 0 unspecified atom stereocenters. The van der Waals surface area contributed by atoms with Crippen molar-refractivity contribution in [3.8, 4) is 0 Å². The molecule has 0 fully saturated rings. The van der Waals surface area contributed by atoms with E-state index >= 15 is 0 Å². The van der Waals surface area contributed by atoms with Gasteiger partial charge in [-0.3, -0.25) is 9.59 Å². The van der Waals surface area contributed by atoms with Crippen molar-refractivity contribution in [1.29, 1.82) is 0 Å². The Morgan fingerprint density at radius 2 is 1.73 bits per heavy atom. The average Bonchev–Trinajstić information content (AvgIpc) is 2.04. The molecule has 0 rings (SSSR count). The number of nitrogens with zero attached hydrogens (tertiary/aromatic N) is 1. The highest BCUT2D eigenvalue weighted by molar-refractivity contribution is 14.0. The molecule has 1 N–H and O–H groups in total. The summed E-state index contributed by atoms with van der Waals surface area (Å²) in [5.74, 6) is 0.0610. The Labute approximate surface area is 127 Å². The minimum atomic E-state index is 0. The van der Waals surface area contributed by atoms with Gasteiger partial charge in [-0.2, -0.15) is 0 Å². The largest absolute Gasteiger partial charge is 0.356 e. The molecule has 0 saturated carbocycles. The summed E-state index contributed by atoms with van der Waals surface area (Å²) in [4.78, 5) is 23.5. The maximum absolute atomic E-state index is 11.1. The summed E-state index contributed by atoms with van der Waals surface area (Å²) in [5.41, 5.74) is 0. The lowest BCUT2D eigenvalue weighted by atomic mass is 10.3. The van der Waals surface area contributed by atoms with Crippen LogP contribution >= 0.6 is 48.0 Å². The van der Waals surface area contributed by atoms with E-state index in [0.29, 0.717) is 19.4 Å². The summed E-state index contributed by atoms with van der Waals surface area (Å²) < 4.78 is 0. The molecule has 6 heteroatoms. The van der Waals surface area contributed by atoms with Gasteiger partial charge < -0.3 is 10.2 Å². The van der Waals surface area contributed by atoms with E-state index in [0.717, 1.165) is 6.42 Å². The third-order valence-corrected chi connectivity index (χ3v) is 1.64. The standard InChI is InChI=1S/C9H18N2O2.2HI.H2/c1-4-5-8(12)10-7-6-9(13)11(2)3;;;/h4-7H2,1-3H3,(H,10,12);3*1H. The second-order valence-electron chi connectivity index (χ2n) is 3.14. The predicted octanol–water partition coefficient (Wildman–Crippen LogP) is 1.86. The zero-order valence-electron chi connectivity index (χ0n) is 9.41. The Morgan fingerprint density at radius 1 is 1.20 bits per heavy atom. The Bertz CT molecular complexity index is 192. The van der Waals surface area contributed by atoms with Crippen LogP contribution in [0.4, 0.5) is 0 Å². The van der Waals surface area contributed by atoms with Gasteiger partial charge in [-0.05, 0) is 6.42 Å². The normalized spacial score (nSPS) is 8.20. The number of amides is 2. The first-order valence-corrected chi connectivity index (χ1v) is 4.54. The second-order valence-corrected chi connectivity index (χ2v) is 3.14. The van der Waals surface area contributed by atoms with Crippen molar-refractivity contribution in [2.24, 2.45) is 0 Å². The molecule has 0 saturated heterocycles. The molecule has 0 radical (unpaired) electrons. The summed E-state index contributed by atoms with van der Waals surface area (Å²) in [6, 6.07) is 0. The summed E-state index contributed by atoms with van der Waals surface area (Å²) in [7, 11) is 3.41. The highest BCUT2D eigenvalue weighted by atomic mass is 127. The summed E-state index contributed by atoms with van der Waals surface area (Å²) in [6.07, 6.45) is 1.76. The van der Waals surface area contributed by atoms with Crippen LogP contribution < -0.4 is 5.32 Å². The first-order valence-electron chi connectivity index (χ1n) is 4.54. The monoisotopic (exact) mass is 444 g/mol. The van der Waals surface area contributed by atoms with Crippen LogP contribution in [0.2, 0.25) is 0 Å². The van der Waals surface area contributed by atoms with Gasteiger partial charge >= 0.3 is 0 Å². The van der Waals surface area contributed by atoms with E-state index in [1.54, 1.807) is 14.1 Å². The number of halogens is 2. The zero-order valence-corrected chi connectivity index (χ0v) is 14.1. The van der Waals surface area contributed by atoms with Crippen LogP contribution in [0, 0.1) is 0 Å². The van der Waals surface area contributed by atoms with E-state index in [9.17, 15) is 9.59 Å². The zero-order chi connectivity index (χ0) is 10.3. The van der Waals surface area contributed by atoms with Gasteiger partial charge in [0.1, 0.15) is 0 Å². The van der Waals surface area contributed by atoms with Crippen LogP contribution in [0.15, 0.2) is 0 Å². The molecule has 94 valence electrons. The van der Waals surface area contributed by atoms with E-state index in [4.69, 9.17) is 0 Å². The Balaban J connectivity index is -0.000000240. The molecule has 0 bridgehead atoms. The number of rotatable bonds is 5. The van der Waals surface area contributed by atoms with Gasteiger partial charge in [0, 0.05) is 34.9 Å². The maximum atomic E-state index is 11.1. The molecule has 4 nitrogen and oxygen atoms in total. The SMILES string of the molecule is CCCC(=O)NCCC(=O)N(C)C.I.I.[HH]. The Hall–Kier alpha value is 0.400. The highest BCUT2D eigenvalue weighted by Gasteiger charge is 2.04. The molecular weight excluding hydrogens is 422 g/mol. The molecule has 0 aliphatic rings. The van der Waals surface area contributed by atoms with Gasteiger partial charge in [0.15, 0.2) is 0 Å². The van der Waals surface area contributed by atoms with Gasteiger partial charge in [-0.25, -0.2) is 0 Å². The molecule has 0 aromatic heterocycles. The molecular formula is C9H22I2N2O2. The predicted molar refractivity (Wildman–Crippen MR) is 84.2 cm³/mol.